The summed E-state index contributed by atoms with van der Waals surface area (Å²) in [4.78, 5) is 20.2. The van der Waals surface area contributed by atoms with E-state index in [0.717, 1.165) is 0 Å². The summed E-state index contributed by atoms with van der Waals surface area (Å²) in [5, 5.41) is 8.40. The summed E-state index contributed by atoms with van der Waals surface area (Å²) in [5.41, 5.74) is 0. The zero-order valence-corrected chi connectivity index (χ0v) is 6.30. The number of hydrogen-bond acceptors (Lipinski definition) is 4. The molecule has 0 N–H and O–H groups in total. The fourth-order valence-corrected chi connectivity index (χ4v) is 1.12. The van der Waals surface area contributed by atoms with Gasteiger partial charge in [-0.1, -0.05) is 0 Å². The standard InChI is InChI=1S/C5H10N4O2/c1-5-4-8(6-10)2-3-9(5)7-11/h5H,2-4H2,1H3/t5-/m0/s1. The summed E-state index contributed by atoms with van der Waals surface area (Å²) < 4.78 is 0. The maximum Gasteiger partial charge on any atom is 0.0668 e. The lowest BCUT2D eigenvalue weighted by Gasteiger charge is -2.32. The second-order valence-electron chi connectivity index (χ2n) is 2.59. The highest BCUT2D eigenvalue weighted by Gasteiger charge is 2.22. The molecule has 1 rings (SSSR count). The van der Waals surface area contributed by atoms with Crippen molar-refractivity contribution in [3.05, 3.63) is 9.81 Å². The Bertz CT molecular complexity index is 163. The summed E-state index contributed by atoms with van der Waals surface area (Å²) in [5.74, 6) is 0. The van der Waals surface area contributed by atoms with Gasteiger partial charge in [-0.3, -0.25) is 10.0 Å². The zero-order valence-electron chi connectivity index (χ0n) is 6.30. The van der Waals surface area contributed by atoms with E-state index in [-0.39, 0.29) is 6.04 Å². The lowest BCUT2D eigenvalue weighted by Crippen LogP contribution is -2.47. The van der Waals surface area contributed by atoms with Crippen molar-refractivity contribution in [2.24, 2.45) is 10.6 Å². The molecule has 0 saturated carbocycles. The summed E-state index contributed by atoms with van der Waals surface area (Å²) in [6.45, 7) is 3.28. The monoisotopic (exact) mass is 158 g/mol. The predicted molar refractivity (Wildman–Crippen MR) is 39.3 cm³/mol. The van der Waals surface area contributed by atoms with Crippen molar-refractivity contribution in [2.45, 2.75) is 13.0 Å². The Labute approximate surface area is 64.0 Å². The van der Waals surface area contributed by atoms with Crippen LogP contribution in [-0.4, -0.2) is 35.7 Å². The summed E-state index contributed by atoms with van der Waals surface area (Å²) in [7, 11) is 0. The minimum Gasteiger partial charge on any atom is -0.257 e. The number of rotatable bonds is 2. The molecule has 1 atom stereocenters. The van der Waals surface area contributed by atoms with Crippen LogP contribution in [0.4, 0.5) is 0 Å². The largest absolute Gasteiger partial charge is 0.257 e. The first-order valence-corrected chi connectivity index (χ1v) is 3.46. The van der Waals surface area contributed by atoms with Gasteiger partial charge in [0, 0.05) is 0 Å². The topological polar surface area (TPSA) is 65.3 Å². The van der Waals surface area contributed by atoms with E-state index < -0.39 is 0 Å². The third-order valence-electron chi connectivity index (χ3n) is 1.79. The minimum atomic E-state index is -0.0149. The molecule has 0 radical (unpaired) electrons. The van der Waals surface area contributed by atoms with Gasteiger partial charge in [-0.25, -0.2) is 0 Å². The molecule has 0 aliphatic carbocycles. The average Bonchev–Trinajstić information content (AvgIpc) is 2.04. The Morgan fingerprint density at radius 3 is 2.45 bits per heavy atom. The SMILES string of the molecule is C[C@H]1CN(N=O)CCN1N=O. The van der Waals surface area contributed by atoms with Gasteiger partial charge >= 0.3 is 0 Å². The van der Waals surface area contributed by atoms with Gasteiger partial charge in [0.15, 0.2) is 0 Å². The van der Waals surface area contributed by atoms with Crippen molar-refractivity contribution < 1.29 is 0 Å². The number of nitrogens with zero attached hydrogens (tertiary/aromatic N) is 4. The van der Waals surface area contributed by atoms with E-state index in [1.807, 2.05) is 6.92 Å². The van der Waals surface area contributed by atoms with Gasteiger partial charge in [-0.2, -0.15) is 0 Å². The zero-order chi connectivity index (χ0) is 8.27. The van der Waals surface area contributed by atoms with Crippen molar-refractivity contribution in [1.82, 2.24) is 10.0 Å². The molecule has 1 heterocycles. The molecule has 0 aromatic heterocycles. The van der Waals surface area contributed by atoms with Crippen LogP contribution in [0.2, 0.25) is 0 Å². The highest BCUT2D eigenvalue weighted by atomic mass is 16.3. The molecule has 0 bridgehead atoms. The van der Waals surface area contributed by atoms with Crippen molar-refractivity contribution in [2.75, 3.05) is 19.6 Å². The lowest BCUT2D eigenvalue weighted by molar-refractivity contribution is 0.0859. The van der Waals surface area contributed by atoms with E-state index in [4.69, 9.17) is 0 Å². The van der Waals surface area contributed by atoms with E-state index in [1.54, 1.807) is 0 Å². The molecule has 0 spiro atoms. The van der Waals surface area contributed by atoms with E-state index in [2.05, 4.69) is 10.6 Å². The molecule has 0 unspecified atom stereocenters. The molecule has 11 heavy (non-hydrogen) atoms. The highest BCUT2D eigenvalue weighted by Crippen LogP contribution is 2.08. The predicted octanol–water partition coefficient (Wildman–Crippen LogP) is 0.355. The molecule has 6 nitrogen and oxygen atoms in total. The minimum absolute atomic E-state index is 0.0149. The van der Waals surface area contributed by atoms with Gasteiger partial charge in [0.25, 0.3) is 0 Å². The van der Waals surface area contributed by atoms with Crippen molar-refractivity contribution in [3.63, 3.8) is 0 Å². The second kappa shape index (κ2) is 3.27. The maximum absolute atomic E-state index is 10.1. The molecule has 0 aromatic rings. The molecule has 1 aliphatic rings. The molecule has 0 amide bonds. The van der Waals surface area contributed by atoms with Crippen LogP contribution in [0.5, 0.6) is 0 Å². The van der Waals surface area contributed by atoms with Crippen molar-refractivity contribution in [3.8, 4) is 0 Å². The third-order valence-corrected chi connectivity index (χ3v) is 1.79. The molecule has 0 aromatic carbocycles. The van der Waals surface area contributed by atoms with Crippen LogP contribution in [0.15, 0.2) is 10.6 Å². The summed E-state index contributed by atoms with van der Waals surface area (Å²) in [6.07, 6.45) is 0. The smallest absolute Gasteiger partial charge is 0.0668 e. The fourth-order valence-electron chi connectivity index (χ4n) is 1.12. The highest BCUT2D eigenvalue weighted by molar-refractivity contribution is 4.73. The molecular weight excluding hydrogens is 148 g/mol. The Balaban J connectivity index is 2.46. The first-order chi connectivity index (χ1) is 5.27. The second-order valence-corrected chi connectivity index (χ2v) is 2.59. The van der Waals surface area contributed by atoms with Crippen molar-refractivity contribution >= 4 is 0 Å². The number of hydrogen-bond donors (Lipinski definition) is 0. The average molecular weight is 158 g/mol. The van der Waals surface area contributed by atoms with E-state index >= 15 is 0 Å². The van der Waals surface area contributed by atoms with Crippen LogP contribution in [-0.2, 0) is 0 Å². The van der Waals surface area contributed by atoms with E-state index in [9.17, 15) is 9.81 Å². The molecule has 1 saturated heterocycles. The third kappa shape index (κ3) is 1.63. The van der Waals surface area contributed by atoms with Crippen LogP contribution in [0, 0.1) is 9.81 Å². The van der Waals surface area contributed by atoms with Crippen LogP contribution < -0.4 is 0 Å². The maximum atomic E-state index is 10.1. The van der Waals surface area contributed by atoms with Gasteiger partial charge in [0.1, 0.15) is 0 Å². The first-order valence-electron chi connectivity index (χ1n) is 3.46. The van der Waals surface area contributed by atoms with Gasteiger partial charge in [-0.05, 0) is 6.92 Å². The van der Waals surface area contributed by atoms with Crippen LogP contribution in [0.25, 0.3) is 0 Å². The van der Waals surface area contributed by atoms with Crippen LogP contribution in [0.3, 0.4) is 0 Å². The Morgan fingerprint density at radius 1 is 1.27 bits per heavy atom. The Kier molecular flexibility index (Phi) is 2.35. The van der Waals surface area contributed by atoms with Gasteiger partial charge in [0.2, 0.25) is 0 Å². The molecule has 6 heteroatoms. The van der Waals surface area contributed by atoms with Gasteiger partial charge < -0.3 is 0 Å². The van der Waals surface area contributed by atoms with Gasteiger partial charge in [0.05, 0.1) is 36.2 Å². The fraction of sp³-hybridized carbons (Fsp3) is 1.00. The molecule has 1 aliphatic heterocycles. The molecular formula is C5H10N4O2. The lowest BCUT2D eigenvalue weighted by atomic mass is 10.2. The Morgan fingerprint density at radius 2 is 2.00 bits per heavy atom. The van der Waals surface area contributed by atoms with Crippen LogP contribution >= 0.6 is 0 Å². The van der Waals surface area contributed by atoms with Crippen molar-refractivity contribution in [1.29, 1.82) is 0 Å². The molecule has 1 fully saturated rings. The number of piperazine rings is 1. The summed E-state index contributed by atoms with van der Waals surface area (Å²) >= 11 is 0. The number of nitroso groups, excluding NO2 is 2. The van der Waals surface area contributed by atoms with E-state index in [0.29, 0.717) is 19.6 Å². The molecule has 62 valence electrons. The van der Waals surface area contributed by atoms with E-state index in [1.165, 1.54) is 10.0 Å². The van der Waals surface area contributed by atoms with Crippen LogP contribution in [0.1, 0.15) is 6.92 Å². The normalized spacial score (nSPS) is 25.0. The summed E-state index contributed by atoms with van der Waals surface area (Å²) in [6, 6.07) is -0.0149. The first kappa shape index (κ1) is 7.90. The quantitative estimate of drug-likeness (QED) is 0.544. The Hall–Kier alpha value is -1.20. The van der Waals surface area contributed by atoms with Gasteiger partial charge in [-0.15, -0.1) is 9.81 Å².